The van der Waals surface area contributed by atoms with Gasteiger partial charge in [0.25, 0.3) is 0 Å². The summed E-state index contributed by atoms with van der Waals surface area (Å²) in [7, 11) is 0. The van der Waals surface area contributed by atoms with E-state index in [9.17, 15) is 25.5 Å². The van der Waals surface area contributed by atoms with E-state index in [1.807, 2.05) is 91.0 Å². The second-order valence-electron chi connectivity index (χ2n) is 10.8. The summed E-state index contributed by atoms with van der Waals surface area (Å²) in [5.74, 6) is 0. The van der Waals surface area contributed by atoms with Crippen molar-refractivity contribution in [1.29, 1.82) is 0 Å². The molecule has 2 saturated heterocycles. The molecule has 0 radical (unpaired) electrons. The predicted octanol–water partition coefficient (Wildman–Crippen LogP) is 1.28. The predicted molar refractivity (Wildman–Crippen MR) is 156 cm³/mol. The Labute approximate surface area is 256 Å². The minimum atomic E-state index is -1.52. The van der Waals surface area contributed by atoms with Crippen LogP contribution in [0.25, 0.3) is 0 Å². The average molecular weight is 613 g/mol. The molecule has 2 aliphatic heterocycles. The molecule has 44 heavy (non-hydrogen) atoms. The van der Waals surface area contributed by atoms with Crippen molar-refractivity contribution in [1.82, 2.24) is 0 Å². The molecule has 2 aliphatic rings. The third-order valence-electron chi connectivity index (χ3n) is 7.76. The zero-order valence-electron chi connectivity index (χ0n) is 24.2. The van der Waals surface area contributed by atoms with Gasteiger partial charge in [-0.1, -0.05) is 91.0 Å². The van der Waals surface area contributed by atoms with Crippen LogP contribution in [0.1, 0.15) is 16.7 Å². The smallest absolute Gasteiger partial charge is 0.187 e. The Kier molecular flexibility index (Phi) is 11.8. The first kappa shape index (κ1) is 32.6. The Hall–Kier alpha value is -2.78. The van der Waals surface area contributed by atoms with Crippen molar-refractivity contribution in [3.63, 3.8) is 0 Å². The van der Waals surface area contributed by atoms with Crippen LogP contribution in [0, 0.1) is 0 Å². The molecule has 2 heterocycles. The van der Waals surface area contributed by atoms with Gasteiger partial charge in [-0.25, -0.2) is 0 Å². The lowest BCUT2D eigenvalue weighted by atomic mass is 9.96. The van der Waals surface area contributed by atoms with Crippen molar-refractivity contribution in [3.8, 4) is 0 Å². The Morgan fingerprint density at radius 3 is 1.43 bits per heavy atom. The SMILES string of the molecule is OC[C@H]1O[C@H](O[C@@H]2[C@@H](OCc3ccccc3)[C@@H](O)O[C@H](CO)[C@H]2OCc2ccccc2)[C@H](OCc2ccccc2)[C@@H](O)[C@H]1O. The highest BCUT2D eigenvalue weighted by Gasteiger charge is 2.52. The maximum atomic E-state index is 11.1. The fraction of sp³-hybridized carbons (Fsp3) is 0.455. The van der Waals surface area contributed by atoms with Gasteiger partial charge >= 0.3 is 0 Å². The number of rotatable bonds is 13. The summed E-state index contributed by atoms with van der Waals surface area (Å²) in [6, 6.07) is 28.0. The Bertz CT molecular complexity index is 1230. The fourth-order valence-corrected chi connectivity index (χ4v) is 5.37. The second kappa shape index (κ2) is 16.0. The first-order valence-electron chi connectivity index (χ1n) is 14.7. The summed E-state index contributed by atoms with van der Waals surface area (Å²) in [4.78, 5) is 0. The molecule has 2 fully saturated rings. The van der Waals surface area contributed by atoms with E-state index in [4.69, 9.17) is 28.4 Å². The van der Waals surface area contributed by atoms with Crippen LogP contribution < -0.4 is 0 Å². The standard InChI is InChI=1S/C33H40O11/c34-16-24-26(36)27(37)29(40-19-22-12-6-2-7-13-22)33(43-24)44-30-28(39-18-21-10-4-1-5-11-21)25(17-35)42-32(38)31(30)41-20-23-14-8-3-9-15-23/h1-15,24-38H,16-20H2/t24-,25-,26+,27+,28-,29-,30+,31-,32+,33-/m1/s1. The lowest BCUT2D eigenvalue weighted by Crippen LogP contribution is -2.65. The number of aliphatic hydroxyl groups is 5. The first-order chi connectivity index (χ1) is 21.5. The molecular weight excluding hydrogens is 572 g/mol. The number of benzene rings is 3. The molecule has 5 N–H and O–H groups in total. The minimum Gasteiger partial charge on any atom is -0.394 e. The summed E-state index contributed by atoms with van der Waals surface area (Å²) in [5.41, 5.74) is 2.50. The van der Waals surface area contributed by atoms with Gasteiger partial charge in [-0.05, 0) is 16.7 Å². The molecule has 11 nitrogen and oxygen atoms in total. The Balaban J connectivity index is 1.43. The molecule has 0 spiro atoms. The number of aliphatic hydroxyl groups excluding tert-OH is 5. The number of ether oxygens (including phenoxy) is 6. The molecule has 11 heteroatoms. The van der Waals surface area contributed by atoms with Gasteiger partial charge in [-0.3, -0.25) is 0 Å². The van der Waals surface area contributed by atoms with Crippen molar-refractivity contribution in [3.05, 3.63) is 108 Å². The van der Waals surface area contributed by atoms with E-state index in [0.29, 0.717) is 0 Å². The van der Waals surface area contributed by atoms with E-state index in [0.717, 1.165) is 16.7 Å². The zero-order chi connectivity index (χ0) is 30.9. The molecule has 3 aromatic carbocycles. The van der Waals surface area contributed by atoms with Crippen molar-refractivity contribution in [2.24, 2.45) is 0 Å². The molecular formula is C33H40O11. The maximum absolute atomic E-state index is 11.1. The highest BCUT2D eigenvalue weighted by molar-refractivity contribution is 5.15. The normalized spacial score (nSPS) is 32.4. The third-order valence-corrected chi connectivity index (χ3v) is 7.76. The maximum Gasteiger partial charge on any atom is 0.187 e. The van der Waals surface area contributed by atoms with Gasteiger partial charge in [0, 0.05) is 0 Å². The molecule has 0 saturated carbocycles. The van der Waals surface area contributed by atoms with Gasteiger partial charge < -0.3 is 54.0 Å². The van der Waals surface area contributed by atoms with Gasteiger partial charge in [0.15, 0.2) is 12.6 Å². The first-order valence-corrected chi connectivity index (χ1v) is 14.7. The summed E-state index contributed by atoms with van der Waals surface area (Å²) < 4.78 is 36.6. The quantitative estimate of drug-likeness (QED) is 0.190. The van der Waals surface area contributed by atoms with Crippen molar-refractivity contribution in [2.45, 2.75) is 81.2 Å². The van der Waals surface area contributed by atoms with Gasteiger partial charge in [0.1, 0.15) is 48.8 Å². The van der Waals surface area contributed by atoms with Gasteiger partial charge in [-0.15, -0.1) is 0 Å². The van der Waals surface area contributed by atoms with Crippen LogP contribution in [0.3, 0.4) is 0 Å². The van der Waals surface area contributed by atoms with Crippen molar-refractivity contribution >= 4 is 0 Å². The lowest BCUT2D eigenvalue weighted by Gasteiger charge is -2.48. The molecule has 0 unspecified atom stereocenters. The van der Waals surface area contributed by atoms with E-state index in [2.05, 4.69) is 0 Å². The van der Waals surface area contributed by atoms with Gasteiger partial charge in [0.05, 0.1) is 33.0 Å². The van der Waals surface area contributed by atoms with E-state index < -0.39 is 74.6 Å². The van der Waals surface area contributed by atoms with Crippen molar-refractivity contribution < 1.29 is 54.0 Å². The van der Waals surface area contributed by atoms with Crippen LogP contribution in [0.5, 0.6) is 0 Å². The molecule has 238 valence electrons. The number of hydrogen-bond acceptors (Lipinski definition) is 11. The van der Waals surface area contributed by atoms with Crippen LogP contribution in [-0.2, 0) is 48.2 Å². The molecule has 0 aliphatic carbocycles. The largest absolute Gasteiger partial charge is 0.394 e. The highest BCUT2D eigenvalue weighted by atomic mass is 16.7. The van der Waals surface area contributed by atoms with Crippen LogP contribution >= 0.6 is 0 Å². The molecule has 5 rings (SSSR count). The molecule has 0 aromatic heterocycles. The lowest BCUT2D eigenvalue weighted by molar-refractivity contribution is -0.369. The summed E-state index contributed by atoms with van der Waals surface area (Å²) in [5, 5.41) is 53.0. The molecule has 0 bridgehead atoms. The Morgan fingerprint density at radius 2 is 0.955 bits per heavy atom. The molecule has 3 aromatic rings. The zero-order valence-corrected chi connectivity index (χ0v) is 24.2. The molecule has 10 atom stereocenters. The summed E-state index contributed by atoms with van der Waals surface area (Å²) in [6.07, 6.45) is -12.4. The fourth-order valence-electron chi connectivity index (χ4n) is 5.37. The summed E-state index contributed by atoms with van der Waals surface area (Å²) in [6.45, 7) is -0.795. The van der Waals surface area contributed by atoms with E-state index >= 15 is 0 Å². The van der Waals surface area contributed by atoms with Crippen LogP contribution in [-0.4, -0.2) is 100 Å². The van der Waals surface area contributed by atoms with E-state index in [-0.39, 0.29) is 19.8 Å². The second-order valence-corrected chi connectivity index (χ2v) is 10.8. The monoisotopic (exact) mass is 612 g/mol. The average Bonchev–Trinajstić information content (AvgIpc) is 3.06. The summed E-state index contributed by atoms with van der Waals surface area (Å²) >= 11 is 0. The molecule has 0 amide bonds. The minimum absolute atomic E-state index is 0.0693. The van der Waals surface area contributed by atoms with Gasteiger partial charge in [0.2, 0.25) is 0 Å². The topological polar surface area (TPSA) is 157 Å². The highest BCUT2D eigenvalue weighted by Crippen LogP contribution is 2.33. The third kappa shape index (κ3) is 8.08. The van der Waals surface area contributed by atoms with Crippen LogP contribution in [0.15, 0.2) is 91.0 Å². The van der Waals surface area contributed by atoms with Crippen LogP contribution in [0.2, 0.25) is 0 Å². The van der Waals surface area contributed by atoms with Crippen LogP contribution in [0.4, 0.5) is 0 Å². The van der Waals surface area contributed by atoms with Crippen molar-refractivity contribution in [2.75, 3.05) is 13.2 Å². The Morgan fingerprint density at radius 1 is 0.500 bits per heavy atom. The van der Waals surface area contributed by atoms with E-state index in [1.54, 1.807) is 0 Å². The van der Waals surface area contributed by atoms with Gasteiger partial charge in [-0.2, -0.15) is 0 Å². The van der Waals surface area contributed by atoms with E-state index in [1.165, 1.54) is 0 Å². The number of hydrogen-bond donors (Lipinski definition) is 5.